The highest BCUT2D eigenvalue weighted by Gasteiger charge is 2.40. The minimum atomic E-state index is -0.418. The summed E-state index contributed by atoms with van der Waals surface area (Å²) in [6.45, 7) is 7.16. The average molecular weight is 363 g/mol. The summed E-state index contributed by atoms with van der Waals surface area (Å²) in [5.41, 5.74) is 0.680. The van der Waals surface area contributed by atoms with Crippen LogP contribution in [0, 0.1) is 5.92 Å². The summed E-state index contributed by atoms with van der Waals surface area (Å²) in [7, 11) is 0. The van der Waals surface area contributed by atoms with Crippen LogP contribution in [0.5, 0.6) is 0 Å². The van der Waals surface area contributed by atoms with Crippen LogP contribution in [0.1, 0.15) is 57.9 Å². The van der Waals surface area contributed by atoms with E-state index in [-0.39, 0.29) is 0 Å². The van der Waals surface area contributed by atoms with E-state index >= 15 is 0 Å². The predicted molar refractivity (Wildman–Crippen MR) is 104 cm³/mol. The van der Waals surface area contributed by atoms with Crippen molar-refractivity contribution >= 4 is 17.5 Å². The molecule has 1 aromatic carbocycles. The largest absolute Gasteiger partial charge is 0.342 e. The van der Waals surface area contributed by atoms with E-state index < -0.39 is 5.41 Å². The number of rotatable bonds is 7. The van der Waals surface area contributed by atoms with Crippen LogP contribution in [0.2, 0.25) is 5.02 Å². The summed E-state index contributed by atoms with van der Waals surface area (Å²) in [5.74, 6) is 1.21. The smallest absolute Gasteiger partial charge is 0.233 e. The molecule has 138 valence electrons. The highest BCUT2D eigenvalue weighted by atomic mass is 35.5. The number of nitrogens with one attached hydrogen (secondary N) is 1. The molecule has 0 unspecified atom stereocenters. The summed E-state index contributed by atoms with van der Waals surface area (Å²) < 4.78 is 0. The van der Waals surface area contributed by atoms with Crippen LogP contribution in [0.4, 0.5) is 0 Å². The quantitative estimate of drug-likeness (QED) is 0.780. The lowest BCUT2D eigenvalue weighted by molar-refractivity contribution is -0.139. The van der Waals surface area contributed by atoms with E-state index in [1.165, 1.54) is 12.8 Å². The van der Waals surface area contributed by atoms with Gasteiger partial charge in [0.25, 0.3) is 0 Å². The maximum absolute atomic E-state index is 13.4. The van der Waals surface area contributed by atoms with Crippen molar-refractivity contribution in [3.63, 3.8) is 0 Å². The lowest BCUT2D eigenvalue weighted by atomic mass is 9.74. The molecule has 2 fully saturated rings. The number of hydrogen-bond acceptors (Lipinski definition) is 2. The third kappa shape index (κ3) is 4.20. The van der Waals surface area contributed by atoms with Gasteiger partial charge in [-0.1, -0.05) is 37.6 Å². The zero-order chi connectivity index (χ0) is 17.9. The van der Waals surface area contributed by atoms with Crippen LogP contribution in [-0.4, -0.2) is 36.5 Å². The normalized spacial score (nSPS) is 19.2. The van der Waals surface area contributed by atoms with Crippen molar-refractivity contribution in [1.29, 1.82) is 0 Å². The van der Waals surface area contributed by atoms with Gasteiger partial charge < -0.3 is 10.2 Å². The molecule has 1 saturated heterocycles. The second-order valence-electron chi connectivity index (χ2n) is 7.71. The summed E-state index contributed by atoms with van der Waals surface area (Å²) >= 11 is 6.05. The fourth-order valence-electron chi connectivity index (χ4n) is 4.10. The first kappa shape index (κ1) is 18.7. The fraction of sp³-hybridized carbons (Fsp3) is 0.667. The van der Waals surface area contributed by atoms with E-state index in [0.29, 0.717) is 11.9 Å². The molecule has 3 nitrogen and oxygen atoms in total. The number of piperidine rings is 1. The van der Waals surface area contributed by atoms with Gasteiger partial charge in [-0.2, -0.15) is 0 Å². The lowest BCUT2D eigenvalue weighted by Crippen LogP contribution is -2.51. The van der Waals surface area contributed by atoms with E-state index in [1.807, 2.05) is 24.3 Å². The van der Waals surface area contributed by atoms with Crippen LogP contribution in [0.3, 0.4) is 0 Å². The van der Waals surface area contributed by atoms with Crippen molar-refractivity contribution in [2.24, 2.45) is 5.92 Å². The van der Waals surface area contributed by atoms with Crippen LogP contribution >= 0.6 is 11.6 Å². The minimum absolute atomic E-state index is 0.292. The molecule has 1 aliphatic heterocycles. The Labute approximate surface area is 157 Å². The Bertz CT molecular complexity index is 570. The second-order valence-corrected chi connectivity index (χ2v) is 8.15. The Balaban J connectivity index is 1.65. The monoisotopic (exact) mass is 362 g/mol. The van der Waals surface area contributed by atoms with E-state index in [2.05, 4.69) is 24.1 Å². The second kappa shape index (κ2) is 8.09. The molecule has 1 aromatic rings. The van der Waals surface area contributed by atoms with E-state index in [4.69, 9.17) is 11.6 Å². The third-order valence-electron chi connectivity index (χ3n) is 6.19. The van der Waals surface area contributed by atoms with Crippen LogP contribution in [-0.2, 0) is 10.2 Å². The molecule has 3 rings (SSSR count). The van der Waals surface area contributed by atoms with Crippen molar-refractivity contribution < 1.29 is 4.79 Å². The molecule has 1 amide bonds. The first-order valence-electron chi connectivity index (χ1n) is 9.88. The molecule has 1 heterocycles. The summed E-state index contributed by atoms with van der Waals surface area (Å²) in [4.78, 5) is 15.5. The number of carbonyl (C=O) groups excluding carboxylic acids is 1. The summed E-state index contributed by atoms with van der Waals surface area (Å²) in [5, 5.41) is 4.42. The molecule has 0 bridgehead atoms. The Morgan fingerprint density at radius 2 is 1.72 bits per heavy atom. The van der Waals surface area contributed by atoms with Crippen molar-refractivity contribution in [2.75, 3.05) is 19.6 Å². The fourth-order valence-corrected chi connectivity index (χ4v) is 4.22. The number of likely N-dealkylation sites (tertiary alicyclic amines) is 1. The topological polar surface area (TPSA) is 32.3 Å². The highest BCUT2D eigenvalue weighted by Crippen LogP contribution is 2.35. The SMILES string of the molecule is CCC(CC)(C(=O)N1CCC(NCC2CC2)CC1)c1ccc(Cl)cc1. The van der Waals surface area contributed by atoms with Gasteiger partial charge in [-0.15, -0.1) is 0 Å². The molecule has 0 spiro atoms. The first-order valence-corrected chi connectivity index (χ1v) is 10.3. The Kier molecular flexibility index (Phi) is 6.06. The maximum atomic E-state index is 13.4. The predicted octanol–water partition coefficient (Wildman–Crippen LogP) is 4.39. The molecular formula is C21H31ClN2O. The van der Waals surface area contributed by atoms with Gasteiger partial charge >= 0.3 is 0 Å². The molecule has 0 atom stereocenters. The van der Waals surface area contributed by atoms with Crippen LogP contribution in [0.25, 0.3) is 0 Å². The number of amides is 1. The lowest BCUT2D eigenvalue weighted by Gasteiger charge is -2.40. The molecule has 4 heteroatoms. The average Bonchev–Trinajstić information content (AvgIpc) is 3.47. The molecule has 2 aliphatic rings. The number of benzene rings is 1. The van der Waals surface area contributed by atoms with Gasteiger partial charge in [0.2, 0.25) is 5.91 Å². The number of nitrogens with zero attached hydrogens (tertiary/aromatic N) is 1. The van der Waals surface area contributed by atoms with E-state index in [0.717, 1.165) is 61.8 Å². The minimum Gasteiger partial charge on any atom is -0.342 e. The molecule has 25 heavy (non-hydrogen) atoms. The number of hydrogen-bond donors (Lipinski definition) is 1. The Morgan fingerprint density at radius 1 is 1.12 bits per heavy atom. The third-order valence-corrected chi connectivity index (χ3v) is 6.44. The summed E-state index contributed by atoms with van der Waals surface area (Å²) in [6, 6.07) is 8.43. The van der Waals surface area contributed by atoms with Crippen molar-refractivity contribution in [3.05, 3.63) is 34.9 Å². The molecule has 0 radical (unpaired) electrons. The van der Waals surface area contributed by atoms with E-state index in [1.54, 1.807) is 0 Å². The Hall–Kier alpha value is -1.06. The Morgan fingerprint density at radius 3 is 2.24 bits per heavy atom. The molecule has 1 saturated carbocycles. The van der Waals surface area contributed by atoms with Gasteiger partial charge in [-0.05, 0) is 68.7 Å². The van der Waals surface area contributed by atoms with Gasteiger partial charge in [0.15, 0.2) is 0 Å². The van der Waals surface area contributed by atoms with Crippen molar-refractivity contribution in [1.82, 2.24) is 10.2 Å². The van der Waals surface area contributed by atoms with E-state index in [9.17, 15) is 4.79 Å². The van der Waals surface area contributed by atoms with Crippen LogP contribution < -0.4 is 5.32 Å². The molecule has 1 N–H and O–H groups in total. The number of halogens is 1. The highest BCUT2D eigenvalue weighted by molar-refractivity contribution is 6.30. The standard InChI is InChI=1S/C21H31ClN2O/c1-3-21(4-2,17-7-9-18(22)10-8-17)20(25)24-13-11-19(12-14-24)23-15-16-5-6-16/h7-10,16,19,23H,3-6,11-15H2,1-2H3. The van der Waals surface area contributed by atoms with Gasteiger partial charge in [-0.3, -0.25) is 4.79 Å². The zero-order valence-corrected chi connectivity index (χ0v) is 16.3. The van der Waals surface area contributed by atoms with Gasteiger partial charge in [0.05, 0.1) is 5.41 Å². The van der Waals surface area contributed by atoms with Crippen LogP contribution in [0.15, 0.2) is 24.3 Å². The van der Waals surface area contributed by atoms with Gasteiger partial charge in [0.1, 0.15) is 0 Å². The number of carbonyl (C=O) groups is 1. The maximum Gasteiger partial charge on any atom is 0.233 e. The van der Waals surface area contributed by atoms with Crippen molar-refractivity contribution in [2.45, 2.75) is 63.8 Å². The van der Waals surface area contributed by atoms with Gasteiger partial charge in [0, 0.05) is 24.2 Å². The molecule has 0 aromatic heterocycles. The van der Waals surface area contributed by atoms with Crippen molar-refractivity contribution in [3.8, 4) is 0 Å². The summed E-state index contributed by atoms with van der Waals surface area (Å²) in [6.07, 6.45) is 6.57. The molecular weight excluding hydrogens is 332 g/mol. The molecule has 1 aliphatic carbocycles. The van der Waals surface area contributed by atoms with Gasteiger partial charge in [-0.25, -0.2) is 0 Å². The zero-order valence-electron chi connectivity index (χ0n) is 15.6. The first-order chi connectivity index (χ1) is 12.1.